The monoisotopic (exact) mass is 176 g/mol. The normalized spacial score (nSPS) is 49.2. The van der Waals surface area contributed by atoms with Crippen molar-refractivity contribution in [2.24, 2.45) is 0 Å². The Balaban J connectivity index is 2.65. The van der Waals surface area contributed by atoms with Gasteiger partial charge in [-0.3, -0.25) is 0 Å². The van der Waals surface area contributed by atoms with Crippen LogP contribution in [0.4, 0.5) is 0 Å². The first-order chi connectivity index (χ1) is 5.57. The number of hydrogen-bond acceptors (Lipinski definition) is 4. The van der Waals surface area contributed by atoms with Crippen LogP contribution in [0.15, 0.2) is 0 Å². The van der Waals surface area contributed by atoms with Gasteiger partial charge in [-0.05, 0) is 13.8 Å². The number of ether oxygens (including phenoxy) is 2. The predicted octanol–water partition coefficient (Wildman–Crippen LogP) is -0.470. The Bertz CT molecular complexity index is 150. The van der Waals surface area contributed by atoms with Crippen molar-refractivity contribution in [1.82, 2.24) is 0 Å². The van der Waals surface area contributed by atoms with E-state index in [1.807, 2.05) is 6.92 Å². The van der Waals surface area contributed by atoms with Gasteiger partial charge in [-0.25, -0.2) is 0 Å². The lowest BCUT2D eigenvalue weighted by atomic mass is 9.96. The molecule has 1 aliphatic heterocycles. The van der Waals surface area contributed by atoms with Gasteiger partial charge in [0.15, 0.2) is 0 Å². The molecule has 1 rings (SSSR count). The molecule has 1 saturated heterocycles. The smallest absolute Gasteiger partial charge is 0.111 e. The number of rotatable bonds is 1. The summed E-state index contributed by atoms with van der Waals surface area (Å²) in [5, 5.41) is 18.9. The summed E-state index contributed by atoms with van der Waals surface area (Å²) in [5.74, 6) is 0. The van der Waals surface area contributed by atoms with E-state index in [1.54, 1.807) is 6.92 Å². The summed E-state index contributed by atoms with van der Waals surface area (Å²) >= 11 is 0. The van der Waals surface area contributed by atoms with Gasteiger partial charge < -0.3 is 19.7 Å². The van der Waals surface area contributed by atoms with Crippen LogP contribution in [-0.2, 0) is 9.47 Å². The first kappa shape index (κ1) is 9.92. The lowest BCUT2D eigenvalue weighted by Crippen LogP contribution is -2.56. The second-order valence-corrected chi connectivity index (χ2v) is 3.23. The quantitative estimate of drug-likeness (QED) is 0.567. The van der Waals surface area contributed by atoms with Crippen molar-refractivity contribution >= 4 is 0 Å². The summed E-state index contributed by atoms with van der Waals surface area (Å²) in [4.78, 5) is 0. The molecule has 4 heteroatoms. The summed E-state index contributed by atoms with van der Waals surface area (Å²) in [6.45, 7) is 3.55. The van der Waals surface area contributed by atoms with Crippen molar-refractivity contribution < 1.29 is 19.7 Å². The first-order valence-electron chi connectivity index (χ1n) is 4.12. The van der Waals surface area contributed by atoms with E-state index < -0.39 is 18.3 Å². The molecule has 0 aromatic rings. The second kappa shape index (κ2) is 3.70. The van der Waals surface area contributed by atoms with Crippen LogP contribution >= 0.6 is 0 Å². The van der Waals surface area contributed by atoms with E-state index in [-0.39, 0.29) is 12.2 Å². The van der Waals surface area contributed by atoms with Crippen LogP contribution < -0.4 is 0 Å². The molecule has 0 unspecified atom stereocenters. The van der Waals surface area contributed by atoms with Crippen LogP contribution in [-0.4, -0.2) is 47.8 Å². The van der Waals surface area contributed by atoms with Crippen LogP contribution in [0.2, 0.25) is 0 Å². The maximum Gasteiger partial charge on any atom is 0.111 e. The van der Waals surface area contributed by atoms with Crippen LogP contribution in [0.3, 0.4) is 0 Å². The molecule has 0 aromatic heterocycles. The molecule has 0 amide bonds. The molecule has 12 heavy (non-hydrogen) atoms. The SMILES string of the molecule is CO[C@H]1[C@@H](O)[C@H](O)[C@H](C)O[C@@H]1C. The fourth-order valence-electron chi connectivity index (χ4n) is 1.58. The minimum Gasteiger partial charge on any atom is -0.388 e. The summed E-state index contributed by atoms with van der Waals surface area (Å²) in [6.07, 6.45) is -2.65. The maximum absolute atomic E-state index is 9.52. The zero-order valence-electron chi connectivity index (χ0n) is 7.60. The number of methoxy groups -OCH3 is 1. The second-order valence-electron chi connectivity index (χ2n) is 3.23. The Morgan fingerprint density at radius 2 is 1.67 bits per heavy atom. The Kier molecular flexibility index (Phi) is 3.06. The predicted molar refractivity (Wildman–Crippen MR) is 42.8 cm³/mol. The van der Waals surface area contributed by atoms with E-state index in [4.69, 9.17) is 9.47 Å². The molecular weight excluding hydrogens is 160 g/mol. The van der Waals surface area contributed by atoms with E-state index in [1.165, 1.54) is 7.11 Å². The van der Waals surface area contributed by atoms with Gasteiger partial charge in [0.05, 0.1) is 12.2 Å². The summed E-state index contributed by atoms with van der Waals surface area (Å²) in [5.41, 5.74) is 0. The Hall–Kier alpha value is -0.160. The van der Waals surface area contributed by atoms with Gasteiger partial charge in [0.1, 0.15) is 18.3 Å². The van der Waals surface area contributed by atoms with Crippen LogP contribution in [0.1, 0.15) is 13.8 Å². The van der Waals surface area contributed by atoms with Gasteiger partial charge in [-0.1, -0.05) is 0 Å². The number of hydrogen-bond donors (Lipinski definition) is 2. The third kappa shape index (κ3) is 1.61. The highest BCUT2D eigenvalue weighted by molar-refractivity contribution is 4.89. The molecule has 4 nitrogen and oxygen atoms in total. The molecule has 72 valence electrons. The fraction of sp³-hybridized carbons (Fsp3) is 1.00. The molecule has 0 aliphatic carbocycles. The minimum atomic E-state index is -0.855. The molecule has 1 heterocycles. The molecule has 2 N–H and O–H groups in total. The molecule has 0 spiro atoms. The van der Waals surface area contributed by atoms with Gasteiger partial charge in [0, 0.05) is 7.11 Å². The standard InChI is InChI=1S/C8H16O4/c1-4-6(9)7(10)8(11-3)5(2)12-4/h4-10H,1-3H3/t4-,5+,6+,7-,8+/m0/s1. The van der Waals surface area contributed by atoms with E-state index in [0.29, 0.717) is 0 Å². The van der Waals surface area contributed by atoms with E-state index in [9.17, 15) is 10.2 Å². The molecule has 1 fully saturated rings. The van der Waals surface area contributed by atoms with Gasteiger partial charge >= 0.3 is 0 Å². The average molecular weight is 176 g/mol. The highest BCUT2D eigenvalue weighted by Crippen LogP contribution is 2.22. The molecule has 0 bridgehead atoms. The highest BCUT2D eigenvalue weighted by atomic mass is 16.6. The van der Waals surface area contributed by atoms with Crippen LogP contribution in [0, 0.1) is 0 Å². The van der Waals surface area contributed by atoms with E-state index >= 15 is 0 Å². The molecule has 5 atom stereocenters. The summed E-state index contributed by atoms with van der Waals surface area (Å²) in [7, 11) is 1.50. The summed E-state index contributed by atoms with van der Waals surface area (Å²) < 4.78 is 10.3. The minimum absolute atomic E-state index is 0.177. The molecule has 1 aliphatic rings. The average Bonchev–Trinajstić information content (AvgIpc) is 2.01. The third-order valence-electron chi connectivity index (χ3n) is 2.33. The highest BCUT2D eigenvalue weighted by Gasteiger charge is 2.40. The topological polar surface area (TPSA) is 58.9 Å². The molecular formula is C8H16O4. The molecule has 0 radical (unpaired) electrons. The summed E-state index contributed by atoms with van der Waals surface area (Å²) in [6, 6.07) is 0. The zero-order valence-corrected chi connectivity index (χ0v) is 7.60. The van der Waals surface area contributed by atoms with Gasteiger partial charge in [-0.2, -0.15) is 0 Å². The van der Waals surface area contributed by atoms with Crippen molar-refractivity contribution in [2.75, 3.05) is 7.11 Å². The largest absolute Gasteiger partial charge is 0.388 e. The lowest BCUT2D eigenvalue weighted by molar-refractivity contribution is -0.219. The van der Waals surface area contributed by atoms with E-state index in [2.05, 4.69) is 0 Å². The fourth-order valence-corrected chi connectivity index (χ4v) is 1.58. The van der Waals surface area contributed by atoms with E-state index in [0.717, 1.165) is 0 Å². The third-order valence-corrected chi connectivity index (χ3v) is 2.33. The van der Waals surface area contributed by atoms with Gasteiger partial charge in [-0.15, -0.1) is 0 Å². The van der Waals surface area contributed by atoms with Gasteiger partial charge in [0.2, 0.25) is 0 Å². The van der Waals surface area contributed by atoms with Crippen LogP contribution in [0.5, 0.6) is 0 Å². The first-order valence-corrected chi connectivity index (χ1v) is 4.12. The van der Waals surface area contributed by atoms with Crippen LogP contribution in [0.25, 0.3) is 0 Å². The maximum atomic E-state index is 9.52. The van der Waals surface area contributed by atoms with Crippen molar-refractivity contribution in [3.05, 3.63) is 0 Å². The molecule has 0 aromatic carbocycles. The van der Waals surface area contributed by atoms with Crippen molar-refractivity contribution in [3.63, 3.8) is 0 Å². The van der Waals surface area contributed by atoms with Crippen molar-refractivity contribution in [1.29, 1.82) is 0 Å². The lowest BCUT2D eigenvalue weighted by Gasteiger charge is -2.39. The van der Waals surface area contributed by atoms with Gasteiger partial charge in [0.25, 0.3) is 0 Å². The van der Waals surface area contributed by atoms with Crippen molar-refractivity contribution in [3.8, 4) is 0 Å². The number of aliphatic hydroxyl groups is 2. The Labute approximate surface area is 72.1 Å². The van der Waals surface area contributed by atoms with Crippen molar-refractivity contribution in [2.45, 2.75) is 44.4 Å². The Morgan fingerprint density at radius 3 is 2.17 bits per heavy atom. The zero-order chi connectivity index (χ0) is 9.30. The molecule has 0 saturated carbocycles. The Morgan fingerprint density at radius 1 is 1.08 bits per heavy atom. The number of aliphatic hydroxyl groups excluding tert-OH is 2.